The molecule has 0 saturated heterocycles. The molecule has 0 aromatic heterocycles. The minimum atomic E-state index is -4.51. The van der Waals surface area contributed by atoms with Crippen LogP contribution < -0.4 is 5.32 Å². The number of rotatable bonds is 6. The van der Waals surface area contributed by atoms with E-state index in [0.717, 1.165) is 4.90 Å². The molecular weight excluding hydrogens is 347 g/mol. The van der Waals surface area contributed by atoms with Crippen LogP contribution in [0.4, 0.5) is 18.9 Å². The quantitative estimate of drug-likeness (QED) is 0.843. The summed E-state index contributed by atoms with van der Waals surface area (Å²) in [5, 5.41) is 3.01. The zero-order valence-electron chi connectivity index (χ0n) is 13.6. The average Bonchev–Trinajstić information content (AvgIpc) is 2.39. The first-order chi connectivity index (χ1) is 11.0. The van der Waals surface area contributed by atoms with Crippen molar-refractivity contribution in [1.29, 1.82) is 0 Å². The standard InChI is InChI=1S/C15H19ClF3N3O2/c1-10-6-11(16)4-5-12(10)20-13(23)7-22(9-15(17,18)19)8-14(24)21(2)3/h4-6H,7-9H2,1-3H3,(H,20,23). The number of halogens is 4. The lowest BCUT2D eigenvalue weighted by molar-refractivity contribution is -0.152. The van der Waals surface area contributed by atoms with Crippen LogP contribution in [0.1, 0.15) is 5.56 Å². The minimum Gasteiger partial charge on any atom is -0.348 e. The van der Waals surface area contributed by atoms with E-state index in [-0.39, 0.29) is 0 Å². The molecule has 1 aromatic rings. The molecule has 134 valence electrons. The number of anilines is 1. The summed E-state index contributed by atoms with van der Waals surface area (Å²) in [6.45, 7) is -0.690. The van der Waals surface area contributed by atoms with Crippen LogP contribution in [0.5, 0.6) is 0 Å². The molecule has 0 saturated carbocycles. The van der Waals surface area contributed by atoms with Crippen molar-refractivity contribution in [1.82, 2.24) is 9.80 Å². The van der Waals surface area contributed by atoms with Crippen molar-refractivity contribution in [2.45, 2.75) is 13.1 Å². The number of aryl methyl sites for hydroxylation is 1. The summed E-state index contributed by atoms with van der Waals surface area (Å²) in [4.78, 5) is 25.6. The van der Waals surface area contributed by atoms with Gasteiger partial charge in [0.25, 0.3) is 0 Å². The van der Waals surface area contributed by atoms with Crippen LogP contribution in [0.3, 0.4) is 0 Å². The molecular formula is C15H19ClF3N3O2. The Morgan fingerprint density at radius 1 is 1.21 bits per heavy atom. The highest BCUT2D eigenvalue weighted by atomic mass is 35.5. The summed E-state index contributed by atoms with van der Waals surface area (Å²) >= 11 is 5.81. The molecule has 1 rings (SSSR count). The first-order valence-corrected chi connectivity index (χ1v) is 7.41. The van der Waals surface area contributed by atoms with Gasteiger partial charge < -0.3 is 10.2 Å². The van der Waals surface area contributed by atoms with Crippen molar-refractivity contribution in [2.24, 2.45) is 0 Å². The summed E-state index contributed by atoms with van der Waals surface area (Å²) in [5.41, 5.74) is 1.14. The van der Waals surface area contributed by atoms with Crippen molar-refractivity contribution in [3.05, 3.63) is 28.8 Å². The highest BCUT2D eigenvalue weighted by molar-refractivity contribution is 6.30. The van der Waals surface area contributed by atoms with E-state index < -0.39 is 37.6 Å². The Bertz CT molecular complexity index is 606. The number of hydrogen-bond acceptors (Lipinski definition) is 3. The van der Waals surface area contributed by atoms with Gasteiger partial charge in [-0.1, -0.05) is 11.6 Å². The van der Waals surface area contributed by atoms with Gasteiger partial charge in [-0.3, -0.25) is 14.5 Å². The molecule has 9 heteroatoms. The number of likely N-dealkylation sites (N-methyl/N-ethyl adjacent to an activating group) is 1. The lowest BCUT2D eigenvalue weighted by atomic mass is 10.2. The molecule has 0 radical (unpaired) electrons. The van der Waals surface area contributed by atoms with Crippen molar-refractivity contribution in [3.63, 3.8) is 0 Å². The Hall–Kier alpha value is -1.80. The summed E-state index contributed by atoms with van der Waals surface area (Å²) in [6.07, 6.45) is -4.51. The Morgan fingerprint density at radius 3 is 2.33 bits per heavy atom. The minimum absolute atomic E-state index is 0.454. The lowest BCUT2D eigenvalue weighted by Gasteiger charge is -2.24. The maximum absolute atomic E-state index is 12.6. The van der Waals surface area contributed by atoms with Gasteiger partial charge in [-0.25, -0.2) is 0 Å². The van der Waals surface area contributed by atoms with Crippen molar-refractivity contribution in [2.75, 3.05) is 39.0 Å². The van der Waals surface area contributed by atoms with Crippen LogP contribution in [-0.2, 0) is 9.59 Å². The molecule has 24 heavy (non-hydrogen) atoms. The number of alkyl halides is 3. The van der Waals surface area contributed by atoms with E-state index in [9.17, 15) is 22.8 Å². The predicted octanol–water partition coefficient (Wildman–Crippen LogP) is 2.54. The van der Waals surface area contributed by atoms with E-state index in [4.69, 9.17) is 11.6 Å². The average molecular weight is 366 g/mol. The highest BCUT2D eigenvalue weighted by Crippen LogP contribution is 2.20. The van der Waals surface area contributed by atoms with Gasteiger partial charge in [0.2, 0.25) is 11.8 Å². The fourth-order valence-electron chi connectivity index (χ4n) is 1.91. The maximum atomic E-state index is 12.6. The van der Waals surface area contributed by atoms with Crippen LogP contribution >= 0.6 is 11.6 Å². The fourth-order valence-corrected chi connectivity index (χ4v) is 2.14. The van der Waals surface area contributed by atoms with Gasteiger partial charge in [-0.05, 0) is 30.7 Å². The van der Waals surface area contributed by atoms with Crippen LogP contribution in [-0.4, -0.2) is 61.5 Å². The molecule has 0 heterocycles. The fraction of sp³-hybridized carbons (Fsp3) is 0.467. The first kappa shape index (κ1) is 20.2. The van der Waals surface area contributed by atoms with Gasteiger partial charge in [0.1, 0.15) is 0 Å². The zero-order valence-corrected chi connectivity index (χ0v) is 14.3. The third-order valence-electron chi connectivity index (χ3n) is 3.09. The van der Waals surface area contributed by atoms with Gasteiger partial charge in [0.15, 0.2) is 0 Å². The van der Waals surface area contributed by atoms with Crippen molar-refractivity contribution < 1.29 is 22.8 Å². The third kappa shape index (κ3) is 7.18. The Labute approximate surface area is 143 Å². The molecule has 1 aromatic carbocycles. The molecule has 1 N–H and O–H groups in total. The molecule has 0 unspecified atom stereocenters. The second-order valence-electron chi connectivity index (χ2n) is 5.56. The van der Waals surface area contributed by atoms with Gasteiger partial charge >= 0.3 is 6.18 Å². The number of carbonyl (C=O) groups excluding carboxylic acids is 2. The third-order valence-corrected chi connectivity index (χ3v) is 3.33. The van der Waals surface area contributed by atoms with Crippen molar-refractivity contribution >= 4 is 29.1 Å². The van der Waals surface area contributed by atoms with Crippen molar-refractivity contribution in [3.8, 4) is 0 Å². The van der Waals surface area contributed by atoms with Crippen LogP contribution in [0.15, 0.2) is 18.2 Å². The van der Waals surface area contributed by atoms with E-state index in [1.54, 1.807) is 25.1 Å². The topological polar surface area (TPSA) is 52.7 Å². The molecule has 2 amide bonds. The zero-order chi connectivity index (χ0) is 18.5. The number of nitrogens with zero attached hydrogens (tertiary/aromatic N) is 2. The van der Waals surface area contributed by atoms with Gasteiger partial charge in [0.05, 0.1) is 19.6 Å². The predicted molar refractivity (Wildman–Crippen MR) is 86.0 cm³/mol. The normalized spacial score (nSPS) is 11.5. The summed E-state index contributed by atoms with van der Waals surface area (Å²) in [6, 6.07) is 4.75. The second kappa shape index (κ2) is 8.34. The molecule has 0 aliphatic rings. The second-order valence-corrected chi connectivity index (χ2v) is 5.99. The molecule has 5 nitrogen and oxygen atoms in total. The number of benzene rings is 1. The van der Waals surface area contributed by atoms with E-state index in [0.29, 0.717) is 16.3 Å². The largest absolute Gasteiger partial charge is 0.401 e. The van der Waals surface area contributed by atoms with E-state index in [1.165, 1.54) is 19.0 Å². The van der Waals surface area contributed by atoms with Crippen LogP contribution in [0, 0.1) is 6.92 Å². The monoisotopic (exact) mass is 365 g/mol. The molecule has 0 atom stereocenters. The van der Waals surface area contributed by atoms with Gasteiger partial charge in [-0.15, -0.1) is 0 Å². The van der Waals surface area contributed by atoms with Gasteiger partial charge in [-0.2, -0.15) is 13.2 Å². The first-order valence-electron chi connectivity index (χ1n) is 7.03. The molecule has 0 aliphatic heterocycles. The Balaban J connectivity index is 2.77. The van der Waals surface area contributed by atoms with Crippen LogP contribution in [0.25, 0.3) is 0 Å². The summed E-state index contributed by atoms with van der Waals surface area (Å²) < 4.78 is 37.9. The summed E-state index contributed by atoms with van der Waals surface area (Å²) in [5.74, 6) is -1.16. The molecule has 0 bridgehead atoms. The van der Waals surface area contributed by atoms with E-state index >= 15 is 0 Å². The molecule has 0 aliphatic carbocycles. The smallest absolute Gasteiger partial charge is 0.348 e. The highest BCUT2D eigenvalue weighted by Gasteiger charge is 2.32. The van der Waals surface area contributed by atoms with E-state index in [1.807, 2.05) is 0 Å². The maximum Gasteiger partial charge on any atom is 0.401 e. The van der Waals surface area contributed by atoms with E-state index in [2.05, 4.69) is 5.32 Å². The SMILES string of the molecule is Cc1cc(Cl)ccc1NC(=O)CN(CC(=O)N(C)C)CC(F)(F)F. The van der Waals surface area contributed by atoms with Crippen LogP contribution in [0.2, 0.25) is 5.02 Å². The molecule has 0 spiro atoms. The van der Waals surface area contributed by atoms with Gasteiger partial charge in [0, 0.05) is 24.8 Å². The lowest BCUT2D eigenvalue weighted by Crippen LogP contribution is -2.45. The number of hydrogen-bond donors (Lipinski definition) is 1. The number of carbonyl (C=O) groups is 2. The summed E-state index contributed by atoms with van der Waals surface area (Å²) in [7, 11) is 2.87. The Morgan fingerprint density at radius 2 is 1.83 bits per heavy atom. The molecule has 0 fully saturated rings. The Kier molecular flexibility index (Phi) is 7.04. The number of amides is 2. The number of nitrogens with one attached hydrogen (secondary N) is 1.